The van der Waals surface area contributed by atoms with Gasteiger partial charge in [-0.1, -0.05) is 0 Å². The fourth-order valence-corrected chi connectivity index (χ4v) is 3.25. The number of nitrogens with one attached hydrogen (secondary N) is 1. The molecule has 0 aromatic carbocycles. The van der Waals surface area contributed by atoms with Crippen LogP contribution in [-0.4, -0.2) is 53.1 Å². The van der Waals surface area contributed by atoms with E-state index < -0.39 is 5.79 Å². The average Bonchev–Trinajstić information content (AvgIpc) is 3.13. The summed E-state index contributed by atoms with van der Waals surface area (Å²) >= 11 is 0. The minimum Gasteiger partial charge on any atom is -0.395 e. The zero-order chi connectivity index (χ0) is 14.4. The molecular formula is C14H20N4O3. The van der Waals surface area contributed by atoms with Crippen LogP contribution in [0.1, 0.15) is 47.8 Å². The predicted octanol–water partition coefficient (Wildman–Crippen LogP) is 0.848. The fourth-order valence-electron chi connectivity index (χ4n) is 3.25. The van der Waals surface area contributed by atoms with E-state index in [2.05, 4.69) is 10.2 Å². The van der Waals surface area contributed by atoms with Gasteiger partial charge in [-0.25, -0.2) is 0 Å². The lowest BCUT2D eigenvalue weighted by Crippen LogP contribution is -2.51. The summed E-state index contributed by atoms with van der Waals surface area (Å²) in [6, 6.07) is 0. The molecule has 2 aliphatic heterocycles. The summed E-state index contributed by atoms with van der Waals surface area (Å²) in [5, 5.41) is 7.08. The van der Waals surface area contributed by atoms with Crippen molar-refractivity contribution in [3.05, 3.63) is 11.4 Å². The van der Waals surface area contributed by atoms with Crippen LogP contribution in [0.2, 0.25) is 0 Å². The van der Waals surface area contributed by atoms with Crippen LogP contribution in [0, 0.1) is 0 Å². The Morgan fingerprint density at radius 2 is 2.14 bits per heavy atom. The molecule has 7 nitrogen and oxygen atoms in total. The van der Waals surface area contributed by atoms with E-state index >= 15 is 0 Å². The van der Waals surface area contributed by atoms with E-state index in [1.54, 1.807) is 4.90 Å². The van der Waals surface area contributed by atoms with Crippen LogP contribution >= 0.6 is 0 Å². The zero-order valence-electron chi connectivity index (χ0n) is 11.9. The van der Waals surface area contributed by atoms with E-state index in [0.717, 1.165) is 31.4 Å². The van der Waals surface area contributed by atoms with Gasteiger partial charge in [-0.2, -0.15) is 5.10 Å². The van der Waals surface area contributed by atoms with Crippen molar-refractivity contribution in [2.75, 3.05) is 32.0 Å². The first-order valence-electron chi connectivity index (χ1n) is 7.59. The minimum atomic E-state index is -0.613. The molecule has 1 aromatic rings. The largest absolute Gasteiger partial charge is 0.395 e. The molecule has 21 heavy (non-hydrogen) atoms. The molecule has 3 N–H and O–H groups in total. The number of carbonyl (C=O) groups is 1. The van der Waals surface area contributed by atoms with Gasteiger partial charge in [-0.3, -0.25) is 9.89 Å². The molecule has 0 atom stereocenters. The number of nitrogens with zero attached hydrogens (tertiary/aromatic N) is 2. The number of nitrogen functional groups attached to an aromatic ring is 1. The Balaban J connectivity index is 1.54. The highest BCUT2D eigenvalue weighted by Crippen LogP contribution is 2.42. The number of H-pyrrole nitrogens is 1. The number of aromatic nitrogens is 2. The second kappa shape index (κ2) is 4.71. The topological polar surface area (TPSA) is 93.5 Å². The molecule has 3 aliphatic rings. The maximum atomic E-state index is 12.7. The van der Waals surface area contributed by atoms with E-state index in [4.69, 9.17) is 15.2 Å². The molecule has 7 heteroatoms. The molecule has 0 bridgehead atoms. The lowest BCUT2D eigenvalue weighted by Gasteiger charge is -2.38. The Morgan fingerprint density at radius 1 is 1.38 bits per heavy atom. The number of rotatable bonds is 2. The van der Waals surface area contributed by atoms with Crippen molar-refractivity contribution >= 4 is 11.6 Å². The smallest absolute Gasteiger partial charge is 0.276 e. The van der Waals surface area contributed by atoms with Gasteiger partial charge in [0.15, 0.2) is 11.5 Å². The maximum Gasteiger partial charge on any atom is 0.276 e. The van der Waals surface area contributed by atoms with Crippen LogP contribution in [0.5, 0.6) is 0 Å². The third-order valence-electron chi connectivity index (χ3n) is 4.54. The number of ether oxygens (including phenoxy) is 2. The first kappa shape index (κ1) is 13.1. The number of hydrogen-bond donors (Lipinski definition) is 2. The molecule has 1 aromatic heterocycles. The van der Waals surface area contributed by atoms with E-state index in [9.17, 15) is 4.79 Å². The van der Waals surface area contributed by atoms with Crippen molar-refractivity contribution in [1.82, 2.24) is 15.1 Å². The number of amides is 1. The molecule has 1 saturated carbocycles. The first-order chi connectivity index (χ1) is 10.2. The van der Waals surface area contributed by atoms with Crippen molar-refractivity contribution in [2.45, 2.75) is 37.4 Å². The minimum absolute atomic E-state index is 0.131. The highest BCUT2D eigenvalue weighted by molar-refractivity contribution is 5.97. The Kier molecular flexibility index (Phi) is 2.93. The second-order valence-corrected chi connectivity index (χ2v) is 6.11. The van der Waals surface area contributed by atoms with Crippen molar-refractivity contribution in [1.29, 1.82) is 0 Å². The van der Waals surface area contributed by atoms with Gasteiger partial charge < -0.3 is 20.1 Å². The first-order valence-corrected chi connectivity index (χ1v) is 7.59. The number of nitrogens with two attached hydrogens (primary N) is 1. The molecular weight excluding hydrogens is 272 g/mol. The number of aromatic amines is 1. The summed E-state index contributed by atoms with van der Waals surface area (Å²) in [6.07, 6.45) is 3.94. The SMILES string of the molecule is Nc1c(C(=O)N2CCCC3(C2)OCCO3)n[nH]c1C1CC1. The summed E-state index contributed by atoms with van der Waals surface area (Å²) in [5.41, 5.74) is 7.86. The monoisotopic (exact) mass is 292 g/mol. The molecule has 4 rings (SSSR count). The van der Waals surface area contributed by atoms with Crippen LogP contribution in [0.4, 0.5) is 5.69 Å². The standard InChI is InChI=1S/C14H20N4O3/c15-10-11(9-2-3-9)16-17-12(10)13(19)18-5-1-4-14(8-18)20-6-7-21-14/h9H,1-8,15H2,(H,16,17). The molecule has 1 aliphatic carbocycles. The van der Waals surface area contributed by atoms with Gasteiger partial charge in [0.2, 0.25) is 0 Å². The third kappa shape index (κ3) is 2.20. The van der Waals surface area contributed by atoms with Gasteiger partial charge in [0.25, 0.3) is 5.91 Å². The predicted molar refractivity (Wildman–Crippen MR) is 74.7 cm³/mol. The number of anilines is 1. The van der Waals surface area contributed by atoms with Crippen LogP contribution in [0.25, 0.3) is 0 Å². The maximum absolute atomic E-state index is 12.7. The van der Waals surface area contributed by atoms with Gasteiger partial charge in [0.1, 0.15) is 0 Å². The van der Waals surface area contributed by atoms with Crippen molar-refractivity contribution in [3.8, 4) is 0 Å². The lowest BCUT2D eigenvalue weighted by molar-refractivity contribution is -0.183. The number of carbonyl (C=O) groups excluding carboxylic acids is 1. The Hall–Kier alpha value is -1.60. The van der Waals surface area contributed by atoms with E-state index in [1.165, 1.54) is 0 Å². The zero-order valence-corrected chi connectivity index (χ0v) is 11.9. The van der Waals surface area contributed by atoms with Crippen LogP contribution in [-0.2, 0) is 9.47 Å². The molecule has 1 spiro atoms. The number of hydrogen-bond acceptors (Lipinski definition) is 5. The van der Waals surface area contributed by atoms with Crippen molar-refractivity contribution in [3.63, 3.8) is 0 Å². The molecule has 3 heterocycles. The van der Waals surface area contributed by atoms with Crippen molar-refractivity contribution < 1.29 is 14.3 Å². The van der Waals surface area contributed by atoms with Gasteiger partial charge in [-0.05, 0) is 19.3 Å². The van der Waals surface area contributed by atoms with Crippen LogP contribution < -0.4 is 5.73 Å². The quantitative estimate of drug-likeness (QED) is 0.843. The van der Waals surface area contributed by atoms with E-state index in [1.807, 2.05) is 0 Å². The van der Waals surface area contributed by atoms with E-state index in [-0.39, 0.29) is 5.91 Å². The van der Waals surface area contributed by atoms with Crippen LogP contribution in [0.15, 0.2) is 0 Å². The highest BCUT2D eigenvalue weighted by atomic mass is 16.7. The third-order valence-corrected chi connectivity index (χ3v) is 4.54. The summed E-state index contributed by atoms with van der Waals surface area (Å²) in [7, 11) is 0. The lowest BCUT2D eigenvalue weighted by atomic mass is 10.0. The number of likely N-dealkylation sites (tertiary alicyclic amines) is 1. The summed E-state index contributed by atoms with van der Waals surface area (Å²) < 4.78 is 11.4. The summed E-state index contributed by atoms with van der Waals surface area (Å²) in [4.78, 5) is 14.4. The van der Waals surface area contributed by atoms with Gasteiger partial charge in [-0.15, -0.1) is 0 Å². The summed E-state index contributed by atoms with van der Waals surface area (Å²) in [5.74, 6) is -0.291. The normalized spacial score (nSPS) is 24.7. The van der Waals surface area contributed by atoms with Gasteiger partial charge >= 0.3 is 0 Å². The Labute approximate surface area is 122 Å². The fraction of sp³-hybridized carbons (Fsp3) is 0.714. The van der Waals surface area contributed by atoms with Crippen molar-refractivity contribution in [2.24, 2.45) is 0 Å². The number of piperidine rings is 1. The van der Waals surface area contributed by atoms with Crippen LogP contribution in [0.3, 0.4) is 0 Å². The second-order valence-electron chi connectivity index (χ2n) is 6.11. The summed E-state index contributed by atoms with van der Waals surface area (Å²) in [6.45, 7) is 2.34. The molecule has 0 radical (unpaired) electrons. The average molecular weight is 292 g/mol. The Bertz CT molecular complexity index is 561. The molecule has 1 amide bonds. The molecule has 0 unspecified atom stereocenters. The molecule has 3 fully saturated rings. The Morgan fingerprint density at radius 3 is 2.86 bits per heavy atom. The highest BCUT2D eigenvalue weighted by Gasteiger charge is 2.43. The van der Waals surface area contributed by atoms with E-state index in [0.29, 0.717) is 43.6 Å². The molecule has 114 valence electrons. The molecule has 2 saturated heterocycles. The van der Waals surface area contributed by atoms with Gasteiger partial charge in [0.05, 0.1) is 31.1 Å². The van der Waals surface area contributed by atoms with Gasteiger partial charge in [0, 0.05) is 18.9 Å².